The molecule has 19 heavy (non-hydrogen) atoms. The summed E-state index contributed by atoms with van der Waals surface area (Å²) in [4.78, 5) is 12.8. The normalized spacial score (nSPS) is 10.3. The van der Waals surface area contributed by atoms with Crippen LogP contribution in [0.15, 0.2) is 28.7 Å². The molecule has 0 aliphatic rings. The minimum Gasteiger partial charge on any atom is -0.468 e. The number of aromatic nitrogens is 2. The summed E-state index contributed by atoms with van der Waals surface area (Å²) < 4.78 is 10.1. The largest absolute Gasteiger partial charge is 0.468 e. The van der Waals surface area contributed by atoms with E-state index in [1.54, 1.807) is 24.1 Å². The fourth-order valence-electron chi connectivity index (χ4n) is 1.57. The molecule has 0 fully saturated rings. The van der Waals surface area contributed by atoms with E-state index in [-0.39, 0.29) is 12.5 Å². The monoisotopic (exact) mass is 261 g/mol. The molecule has 2 rings (SSSR count). The van der Waals surface area contributed by atoms with Gasteiger partial charge in [0.15, 0.2) is 11.6 Å². The number of ether oxygens (including phenoxy) is 1. The number of furan rings is 1. The van der Waals surface area contributed by atoms with Gasteiger partial charge in [0.25, 0.3) is 0 Å². The maximum Gasteiger partial charge on any atom is 0.325 e. The third-order valence-electron chi connectivity index (χ3n) is 2.63. The molecule has 0 amide bonds. The first-order valence-electron chi connectivity index (χ1n) is 5.78. The summed E-state index contributed by atoms with van der Waals surface area (Å²) >= 11 is 0. The lowest BCUT2D eigenvalue weighted by Crippen LogP contribution is -2.27. The molecule has 100 valence electrons. The highest BCUT2D eigenvalue weighted by molar-refractivity contribution is 5.75. The second kappa shape index (κ2) is 5.51. The predicted molar refractivity (Wildman–Crippen MR) is 69.8 cm³/mol. The Morgan fingerprint density at radius 3 is 2.63 bits per heavy atom. The number of hydrogen-bond acceptors (Lipinski definition) is 6. The van der Waals surface area contributed by atoms with E-state index < -0.39 is 0 Å². The van der Waals surface area contributed by atoms with E-state index in [1.807, 2.05) is 19.1 Å². The summed E-state index contributed by atoms with van der Waals surface area (Å²) in [5, 5.41) is 8.14. The minimum atomic E-state index is -0.324. The van der Waals surface area contributed by atoms with Crippen LogP contribution < -0.4 is 4.90 Å². The van der Waals surface area contributed by atoms with Gasteiger partial charge in [-0.3, -0.25) is 4.79 Å². The molecule has 0 saturated carbocycles. The first kappa shape index (κ1) is 13.1. The first-order chi connectivity index (χ1) is 9.10. The molecule has 0 radical (unpaired) electrons. The Kier molecular flexibility index (Phi) is 3.79. The van der Waals surface area contributed by atoms with Crippen LogP contribution in [-0.4, -0.2) is 36.9 Å². The van der Waals surface area contributed by atoms with Crippen molar-refractivity contribution in [1.82, 2.24) is 10.2 Å². The van der Waals surface area contributed by atoms with Crippen LogP contribution >= 0.6 is 0 Å². The second-order valence-electron chi connectivity index (χ2n) is 4.12. The number of carbonyl (C=O) groups excluding carboxylic acids is 1. The molecule has 0 aliphatic heterocycles. The van der Waals surface area contributed by atoms with Gasteiger partial charge in [0.05, 0.1) is 7.11 Å². The van der Waals surface area contributed by atoms with Crippen LogP contribution in [0.3, 0.4) is 0 Å². The van der Waals surface area contributed by atoms with Gasteiger partial charge in [0, 0.05) is 7.05 Å². The topological polar surface area (TPSA) is 68.5 Å². The SMILES string of the molecule is COC(=O)CN(C)c1ccc(-c2ccc(C)o2)nn1. The van der Waals surface area contributed by atoms with E-state index in [0.29, 0.717) is 17.3 Å². The lowest BCUT2D eigenvalue weighted by molar-refractivity contribution is -0.138. The molecule has 2 aromatic heterocycles. The minimum absolute atomic E-state index is 0.129. The Bertz CT molecular complexity index is 563. The third-order valence-corrected chi connectivity index (χ3v) is 2.63. The van der Waals surface area contributed by atoms with Gasteiger partial charge in [-0.1, -0.05) is 0 Å². The van der Waals surface area contributed by atoms with Crippen molar-refractivity contribution in [1.29, 1.82) is 0 Å². The smallest absolute Gasteiger partial charge is 0.325 e. The molecule has 6 heteroatoms. The fourth-order valence-corrected chi connectivity index (χ4v) is 1.57. The van der Waals surface area contributed by atoms with Crippen molar-refractivity contribution in [3.05, 3.63) is 30.0 Å². The van der Waals surface area contributed by atoms with Crippen LogP contribution in [0.25, 0.3) is 11.5 Å². The van der Waals surface area contributed by atoms with Gasteiger partial charge in [0.2, 0.25) is 0 Å². The van der Waals surface area contributed by atoms with Crippen LogP contribution in [0.5, 0.6) is 0 Å². The lowest BCUT2D eigenvalue weighted by atomic mass is 10.3. The van der Waals surface area contributed by atoms with E-state index in [1.165, 1.54) is 7.11 Å². The molecule has 0 aromatic carbocycles. The van der Waals surface area contributed by atoms with E-state index in [2.05, 4.69) is 14.9 Å². The Balaban J connectivity index is 2.12. The van der Waals surface area contributed by atoms with Crippen molar-refractivity contribution < 1.29 is 13.9 Å². The van der Waals surface area contributed by atoms with Crippen molar-refractivity contribution in [2.45, 2.75) is 6.92 Å². The predicted octanol–water partition coefficient (Wildman–Crippen LogP) is 1.65. The number of aryl methyl sites for hydroxylation is 1. The van der Waals surface area contributed by atoms with Crippen molar-refractivity contribution in [2.24, 2.45) is 0 Å². The second-order valence-corrected chi connectivity index (χ2v) is 4.12. The molecule has 2 heterocycles. The molecule has 0 bridgehead atoms. The first-order valence-corrected chi connectivity index (χ1v) is 5.78. The number of esters is 1. The standard InChI is InChI=1S/C13H15N3O3/c1-9-4-6-11(19-9)10-5-7-12(15-14-10)16(2)8-13(17)18-3/h4-7H,8H2,1-3H3. The van der Waals surface area contributed by atoms with Gasteiger partial charge in [-0.15, -0.1) is 10.2 Å². The van der Waals surface area contributed by atoms with Crippen LogP contribution in [0, 0.1) is 6.92 Å². The third kappa shape index (κ3) is 3.09. The molecule has 0 atom stereocenters. The number of rotatable bonds is 4. The zero-order chi connectivity index (χ0) is 13.8. The molecule has 0 aliphatic carbocycles. The lowest BCUT2D eigenvalue weighted by Gasteiger charge is -2.15. The summed E-state index contributed by atoms with van der Waals surface area (Å²) in [5.74, 6) is 1.77. The number of anilines is 1. The molecule has 2 aromatic rings. The van der Waals surface area contributed by atoms with Crippen LogP contribution in [0.1, 0.15) is 5.76 Å². The number of methoxy groups -OCH3 is 1. The van der Waals surface area contributed by atoms with E-state index in [9.17, 15) is 4.79 Å². The summed E-state index contributed by atoms with van der Waals surface area (Å²) in [6.45, 7) is 2.00. The van der Waals surface area contributed by atoms with Gasteiger partial charge < -0.3 is 14.1 Å². The Morgan fingerprint density at radius 2 is 2.11 bits per heavy atom. The number of likely N-dealkylation sites (N-methyl/N-ethyl adjacent to an activating group) is 1. The van der Waals surface area contributed by atoms with Crippen molar-refractivity contribution in [3.8, 4) is 11.5 Å². The highest BCUT2D eigenvalue weighted by Crippen LogP contribution is 2.20. The molecule has 0 unspecified atom stereocenters. The van der Waals surface area contributed by atoms with Crippen LogP contribution in [-0.2, 0) is 9.53 Å². The summed E-state index contributed by atoms with van der Waals surface area (Å²) in [6.07, 6.45) is 0. The average molecular weight is 261 g/mol. The van der Waals surface area contributed by atoms with Crippen molar-refractivity contribution in [2.75, 3.05) is 25.6 Å². The summed E-state index contributed by atoms with van der Waals surface area (Å²) in [7, 11) is 3.10. The molecule has 0 spiro atoms. The maximum atomic E-state index is 11.2. The summed E-state index contributed by atoms with van der Waals surface area (Å²) in [5.41, 5.74) is 0.656. The molecular weight excluding hydrogens is 246 g/mol. The Hall–Kier alpha value is -2.37. The van der Waals surface area contributed by atoms with E-state index in [4.69, 9.17) is 4.42 Å². The zero-order valence-electron chi connectivity index (χ0n) is 11.1. The number of nitrogens with zero attached hydrogens (tertiary/aromatic N) is 3. The molecule has 0 saturated heterocycles. The highest BCUT2D eigenvalue weighted by atomic mass is 16.5. The van der Waals surface area contributed by atoms with E-state index in [0.717, 1.165) is 5.76 Å². The molecule has 0 N–H and O–H groups in total. The van der Waals surface area contributed by atoms with Gasteiger partial charge in [-0.25, -0.2) is 0 Å². The summed E-state index contributed by atoms with van der Waals surface area (Å²) in [6, 6.07) is 7.29. The quantitative estimate of drug-likeness (QED) is 0.779. The van der Waals surface area contributed by atoms with Gasteiger partial charge in [-0.2, -0.15) is 0 Å². The molecule has 6 nitrogen and oxygen atoms in total. The van der Waals surface area contributed by atoms with Crippen LogP contribution in [0.2, 0.25) is 0 Å². The fraction of sp³-hybridized carbons (Fsp3) is 0.308. The van der Waals surface area contributed by atoms with Gasteiger partial charge in [0.1, 0.15) is 18.0 Å². The van der Waals surface area contributed by atoms with Crippen LogP contribution in [0.4, 0.5) is 5.82 Å². The van der Waals surface area contributed by atoms with Crippen molar-refractivity contribution >= 4 is 11.8 Å². The van der Waals surface area contributed by atoms with Gasteiger partial charge >= 0.3 is 5.97 Å². The number of carbonyl (C=O) groups is 1. The highest BCUT2D eigenvalue weighted by Gasteiger charge is 2.10. The Morgan fingerprint density at radius 1 is 1.32 bits per heavy atom. The average Bonchev–Trinajstić information content (AvgIpc) is 2.85. The van der Waals surface area contributed by atoms with Crippen molar-refractivity contribution in [3.63, 3.8) is 0 Å². The molecular formula is C13H15N3O3. The van der Waals surface area contributed by atoms with E-state index >= 15 is 0 Å². The Labute approximate surface area is 111 Å². The zero-order valence-corrected chi connectivity index (χ0v) is 11.1. The maximum absolute atomic E-state index is 11.2. The van der Waals surface area contributed by atoms with Gasteiger partial charge in [-0.05, 0) is 31.2 Å². The number of hydrogen-bond donors (Lipinski definition) is 0.